The summed E-state index contributed by atoms with van der Waals surface area (Å²) in [4.78, 5) is 2.10. The number of nitrogens with zero attached hydrogens (tertiary/aromatic N) is 3. The van der Waals surface area contributed by atoms with Crippen LogP contribution in [0.15, 0.2) is 52.7 Å². The maximum atomic E-state index is 9.88. The predicted molar refractivity (Wildman–Crippen MR) is 129 cm³/mol. The molecule has 5 rings (SSSR count). The Labute approximate surface area is 185 Å². The monoisotopic (exact) mass is 415 g/mol. The van der Waals surface area contributed by atoms with Crippen LogP contribution in [0.5, 0.6) is 5.75 Å². The molecule has 0 amide bonds. The average Bonchev–Trinajstić information content (AvgIpc) is 3.10. The van der Waals surface area contributed by atoms with Crippen LogP contribution in [0.4, 0.5) is 5.69 Å². The van der Waals surface area contributed by atoms with Gasteiger partial charge in [-0.15, -0.1) is 0 Å². The van der Waals surface area contributed by atoms with E-state index < -0.39 is 0 Å². The molecule has 2 saturated carbocycles. The first-order chi connectivity index (χ1) is 15.0. The molecular formula is C27H33N3O. The Morgan fingerprint density at radius 2 is 1.84 bits per heavy atom. The van der Waals surface area contributed by atoms with Gasteiger partial charge in [0.2, 0.25) is 0 Å². The molecule has 1 N–H and O–H groups in total. The molecule has 0 aliphatic heterocycles. The quantitative estimate of drug-likeness (QED) is 0.509. The highest BCUT2D eigenvalue weighted by atomic mass is 16.3. The summed E-state index contributed by atoms with van der Waals surface area (Å²) in [7, 11) is 4.10. The maximum Gasteiger partial charge on any atom is 0.115 e. The van der Waals surface area contributed by atoms with E-state index in [2.05, 4.69) is 61.4 Å². The zero-order valence-corrected chi connectivity index (χ0v) is 18.9. The third-order valence-corrected chi connectivity index (χ3v) is 8.25. The van der Waals surface area contributed by atoms with Crippen LogP contribution in [0.25, 0.3) is 0 Å². The molecule has 0 unspecified atom stereocenters. The Kier molecular flexibility index (Phi) is 5.11. The first kappa shape index (κ1) is 20.3. The Balaban J connectivity index is 1.34. The average molecular weight is 416 g/mol. The van der Waals surface area contributed by atoms with E-state index in [1.54, 1.807) is 0 Å². The largest absolute Gasteiger partial charge is 0.508 e. The second-order valence-electron chi connectivity index (χ2n) is 10.1. The van der Waals surface area contributed by atoms with E-state index in [1.807, 2.05) is 18.3 Å². The Bertz CT molecular complexity index is 1020. The van der Waals surface area contributed by atoms with Crippen LogP contribution in [-0.2, 0) is 6.42 Å². The fraction of sp³-hybridized carbons (Fsp3) is 0.481. The van der Waals surface area contributed by atoms with Gasteiger partial charge < -0.3 is 10.0 Å². The molecule has 4 heteroatoms. The number of phenolic OH excluding ortho intramolecular Hbond substituents is 1. The van der Waals surface area contributed by atoms with Crippen molar-refractivity contribution in [2.24, 2.45) is 27.5 Å². The lowest BCUT2D eigenvalue weighted by Gasteiger charge is -2.49. The van der Waals surface area contributed by atoms with E-state index in [9.17, 15) is 5.11 Å². The van der Waals surface area contributed by atoms with Crippen LogP contribution in [0.2, 0.25) is 0 Å². The SMILES string of the molecule is CN(C)c1ccc(/C=N\N=C2\CC[C@H]3[C@H]4CCc5cc(O)ccc5[C@@H]4CC[C@@]23C)cc1. The van der Waals surface area contributed by atoms with Crippen LogP contribution < -0.4 is 4.90 Å². The number of anilines is 1. The third kappa shape index (κ3) is 3.56. The number of benzene rings is 2. The van der Waals surface area contributed by atoms with Gasteiger partial charge in [-0.05, 0) is 97.2 Å². The van der Waals surface area contributed by atoms with Gasteiger partial charge in [0.25, 0.3) is 0 Å². The molecule has 0 saturated heterocycles. The van der Waals surface area contributed by atoms with Crippen LogP contribution in [-0.4, -0.2) is 31.1 Å². The zero-order chi connectivity index (χ0) is 21.6. The molecular weight excluding hydrogens is 382 g/mol. The third-order valence-electron chi connectivity index (χ3n) is 8.25. The van der Waals surface area contributed by atoms with Gasteiger partial charge in [0.05, 0.1) is 6.21 Å². The predicted octanol–water partition coefficient (Wildman–Crippen LogP) is 5.79. The minimum absolute atomic E-state index is 0.182. The van der Waals surface area contributed by atoms with Crippen molar-refractivity contribution in [3.05, 3.63) is 59.2 Å². The summed E-state index contributed by atoms with van der Waals surface area (Å²) in [5, 5.41) is 19.2. The minimum atomic E-state index is 0.182. The molecule has 3 aliphatic carbocycles. The van der Waals surface area contributed by atoms with Crippen LogP contribution in [0.3, 0.4) is 0 Å². The number of fused-ring (bicyclic) bond motifs is 5. The van der Waals surface area contributed by atoms with E-state index >= 15 is 0 Å². The first-order valence-electron chi connectivity index (χ1n) is 11.7. The Morgan fingerprint density at radius 1 is 1.03 bits per heavy atom. The molecule has 0 heterocycles. The number of phenols is 1. The molecule has 2 aromatic carbocycles. The van der Waals surface area contributed by atoms with Crippen LogP contribution >= 0.6 is 0 Å². The molecule has 162 valence electrons. The van der Waals surface area contributed by atoms with Crippen molar-refractivity contribution in [2.45, 2.75) is 51.4 Å². The minimum Gasteiger partial charge on any atom is -0.508 e. The van der Waals surface area contributed by atoms with Gasteiger partial charge >= 0.3 is 0 Å². The second kappa shape index (κ2) is 7.81. The summed E-state index contributed by atoms with van der Waals surface area (Å²) >= 11 is 0. The van der Waals surface area contributed by atoms with Crippen molar-refractivity contribution < 1.29 is 5.11 Å². The molecule has 2 fully saturated rings. The highest BCUT2D eigenvalue weighted by Crippen LogP contribution is 2.60. The lowest BCUT2D eigenvalue weighted by atomic mass is 9.55. The van der Waals surface area contributed by atoms with E-state index in [0.29, 0.717) is 17.6 Å². The van der Waals surface area contributed by atoms with Crippen LogP contribution in [0.1, 0.15) is 61.6 Å². The van der Waals surface area contributed by atoms with E-state index in [1.165, 1.54) is 48.2 Å². The van der Waals surface area contributed by atoms with Gasteiger partial charge in [0.15, 0.2) is 0 Å². The summed E-state index contributed by atoms with van der Waals surface area (Å²) in [6.07, 6.45) is 8.91. The Hall–Kier alpha value is -2.62. The summed E-state index contributed by atoms with van der Waals surface area (Å²) in [6, 6.07) is 14.5. The van der Waals surface area contributed by atoms with Crippen molar-refractivity contribution in [2.75, 3.05) is 19.0 Å². The van der Waals surface area contributed by atoms with E-state index in [-0.39, 0.29) is 5.41 Å². The number of hydrogen-bond acceptors (Lipinski definition) is 4. The second-order valence-corrected chi connectivity index (χ2v) is 10.1. The van der Waals surface area contributed by atoms with Gasteiger partial charge in [0.1, 0.15) is 5.75 Å². The maximum absolute atomic E-state index is 9.88. The summed E-state index contributed by atoms with van der Waals surface area (Å²) in [6.45, 7) is 2.44. The van der Waals surface area contributed by atoms with Gasteiger partial charge in [-0.3, -0.25) is 0 Å². The lowest BCUT2D eigenvalue weighted by Crippen LogP contribution is -2.42. The van der Waals surface area contributed by atoms with Crippen molar-refractivity contribution in [3.8, 4) is 5.75 Å². The standard InChI is InChI=1S/C27H33N3O/c1-27-15-14-23-22-11-9-21(31)16-19(22)6-10-24(23)25(27)12-13-26(27)29-28-17-18-4-7-20(8-5-18)30(2)3/h4-5,7-9,11,16-17,23-25,31H,6,10,12-15H2,1-3H3/b28-17-,29-26-/t23-,24-,25-,27+/m0/s1. The van der Waals surface area contributed by atoms with Crippen molar-refractivity contribution in [1.29, 1.82) is 0 Å². The van der Waals surface area contributed by atoms with E-state index in [0.717, 1.165) is 24.3 Å². The van der Waals surface area contributed by atoms with Gasteiger partial charge in [0, 0.05) is 30.9 Å². The number of aryl methyl sites for hydroxylation is 1. The van der Waals surface area contributed by atoms with Crippen LogP contribution in [0, 0.1) is 17.3 Å². The normalized spacial score (nSPS) is 30.8. The number of rotatable bonds is 3. The van der Waals surface area contributed by atoms with E-state index in [4.69, 9.17) is 5.10 Å². The van der Waals surface area contributed by atoms with Crippen molar-refractivity contribution in [1.82, 2.24) is 0 Å². The van der Waals surface area contributed by atoms with Gasteiger partial charge in [-0.1, -0.05) is 25.1 Å². The summed E-state index contributed by atoms with van der Waals surface area (Å²) in [5.41, 5.74) is 6.61. The highest BCUT2D eigenvalue weighted by molar-refractivity contribution is 5.93. The number of aromatic hydroxyl groups is 1. The molecule has 0 radical (unpaired) electrons. The fourth-order valence-corrected chi connectivity index (χ4v) is 6.55. The summed E-state index contributed by atoms with van der Waals surface area (Å²) < 4.78 is 0. The number of hydrogen-bond donors (Lipinski definition) is 1. The zero-order valence-electron chi connectivity index (χ0n) is 18.9. The van der Waals surface area contributed by atoms with Crippen molar-refractivity contribution in [3.63, 3.8) is 0 Å². The highest BCUT2D eigenvalue weighted by Gasteiger charge is 2.53. The van der Waals surface area contributed by atoms with Gasteiger partial charge in [-0.25, -0.2) is 0 Å². The van der Waals surface area contributed by atoms with Crippen molar-refractivity contribution >= 4 is 17.6 Å². The lowest BCUT2D eigenvalue weighted by molar-refractivity contribution is 0.0955. The molecule has 3 aliphatic rings. The fourth-order valence-electron chi connectivity index (χ4n) is 6.55. The molecule has 4 atom stereocenters. The Morgan fingerprint density at radius 3 is 2.61 bits per heavy atom. The first-order valence-corrected chi connectivity index (χ1v) is 11.7. The topological polar surface area (TPSA) is 48.2 Å². The molecule has 4 nitrogen and oxygen atoms in total. The molecule has 2 aromatic rings. The van der Waals surface area contributed by atoms with Gasteiger partial charge in [-0.2, -0.15) is 10.2 Å². The molecule has 0 bridgehead atoms. The molecule has 31 heavy (non-hydrogen) atoms. The smallest absolute Gasteiger partial charge is 0.115 e. The summed E-state index contributed by atoms with van der Waals surface area (Å²) in [5.74, 6) is 2.47. The molecule has 0 spiro atoms. The molecule has 0 aromatic heterocycles.